The Kier molecular flexibility index (Phi) is 18.4. The van der Waals surface area contributed by atoms with E-state index in [9.17, 15) is 33.6 Å². The average Bonchev–Trinajstić information content (AvgIpc) is 3.80. The third kappa shape index (κ3) is 15.9. The van der Waals surface area contributed by atoms with Gasteiger partial charge in [-0.3, -0.25) is 28.5 Å². The topological polar surface area (TPSA) is 242 Å². The van der Waals surface area contributed by atoms with Crippen LogP contribution in [-0.2, 0) is 52.4 Å². The van der Waals surface area contributed by atoms with Gasteiger partial charge < -0.3 is 45.6 Å². The number of nitrogens with zero attached hydrogens (tertiary/aromatic N) is 3. The molecule has 7 N–H and O–H groups in total. The van der Waals surface area contributed by atoms with Gasteiger partial charge in [0.25, 0.3) is 0 Å². The molecule has 55 heavy (non-hydrogen) atoms. The number of aryl methyl sites for hydroxylation is 2. The van der Waals surface area contributed by atoms with E-state index in [0.29, 0.717) is 31.6 Å². The van der Waals surface area contributed by atoms with E-state index < -0.39 is 68.3 Å². The normalized spacial score (nSPS) is 16.6. The van der Waals surface area contributed by atoms with Crippen LogP contribution in [0.3, 0.4) is 0 Å². The van der Waals surface area contributed by atoms with E-state index in [0.717, 1.165) is 32.1 Å². The highest BCUT2D eigenvalue weighted by molar-refractivity contribution is 7.46. The molecule has 306 valence electrons. The number of nitrogens with one attached hydrogen (secondary N) is 4. The number of carbonyl (C=O) groups is 5. The van der Waals surface area contributed by atoms with Crippen LogP contribution in [0.1, 0.15) is 83.9 Å². The Morgan fingerprint density at radius 2 is 1.60 bits per heavy atom. The molecule has 5 amide bonds. The van der Waals surface area contributed by atoms with Crippen molar-refractivity contribution in [2.24, 2.45) is 5.92 Å². The zero-order chi connectivity index (χ0) is 40.5. The second kappa shape index (κ2) is 22.4. The Morgan fingerprint density at radius 3 is 2.25 bits per heavy atom. The average molecular weight is 792 g/mol. The molecule has 1 aliphatic heterocycles. The molecule has 2 aromatic rings. The van der Waals surface area contributed by atoms with Crippen LogP contribution in [-0.4, -0.2) is 109 Å². The summed E-state index contributed by atoms with van der Waals surface area (Å²) in [6.07, 6.45) is 8.33. The highest BCUT2D eigenvalue weighted by Gasteiger charge is 2.36. The molecule has 18 heteroatoms. The summed E-state index contributed by atoms with van der Waals surface area (Å²) in [7, 11) is -4.82. The Balaban J connectivity index is 1.74. The largest absolute Gasteiger partial charge is 0.469 e. The summed E-state index contributed by atoms with van der Waals surface area (Å²) in [4.78, 5) is 90.0. The monoisotopic (exact) mass is 791 g/mol. The number of aliphatic hydroxyl groups is 1. The third-order valence-electron chi connectivity index (χ3n) is 9.30. The van der Waals surface area contributed by atoms with Crippen LogP contribution in [0.15, 0.2) is 42.9 Å². The van der Waals surface area contributed by atoms with Gasteiger partial charge in [-0.2, -0.15) is 0 Å². The van der Waals surface area contributed by atoms with E-state index in [1.165, 1.54) is 24.3 Å². The van der Waals surface area contributed by atoms with Crippen molar-refractivity contribution in [1.29, 1.82) is 0 Å². The lowest BCUT2D eigenvalue weighted by molar-refractivity contribution is -0.138. The highest BCUT2D eigenvalue weighted by atomic mass is 31.2. The number of amides is 5. The maximum atomic E-state index is 13.9. The van der Waals surface area contributed by atoms with Gasteiger partial charge in [-0.1, -0.05) is 57.0 Å². The number of unbranched alkanes of at least 4 members (excludes halogenated alkanes) is 3. The zero-order valence-electron chi connectivity index (χ0n) is 32.2. The maximum absolute atomic E-state index is 13.9. The molecule has 1 aliphatic rings. The van der Waals surface area contributed by atoms with Crippen molar-refractivity contribution in [3.63, 3.8) is 0 Å². The first-order valence-electron chi connectivity index (χ1n) is 18.9. The fourth-order valence-corrected chi connectivity index (χ4v) is 7.06. The molecule has 1 saturated heterocycles. The van der Waals surface area contributed by atoms with Crippen molar-refractivity contribution in [3.8, 4) is 0 Å². The molecule has 0 aliphatic carbocycles. The fraction of sp³-hybridized carbons (Fsp3) is 0.622. The summed E-state index contributed by atoms with van der Waals surface area (Å²) in [5.74, 6) is -3.05. The molecule has 17 nitrogen and oxygen atoms in total. The number of benzene rings is 1. The van der Waals surface area contributed by atoms with Gasteiger partial charge in [-0.25, -0.2) is 9.55 Å². The van der Waals surface area contributed by atoms with Crippen molar-refractivity contribution < 1.29 is 48.0 Å². The molecular formula is C37H58N7O10P. The minimum atomic E-state index is -4.82. The standard InChI is InChI=1S/C37H58N7O10P/c1-25(2)19-30(41-37(50)33-16-12-18-44(33)27(4)46)35(48)40-31(36(49)42-32(23-45)34(47)39-21-26(3)54-55(51,52)53)20-29-22-38-24-43(29)17-11-6-5-8-13-28-14-9-7-10-15-28/h7,9-10,14-15,22,24-26,30-33,45H,5-6,8,11-13,16-21,23H2,1-4H3,(H,39,47)(H,40,48)(H,41,50)(H,42,49)(H2,51,52,53). The number of aromatic nitrogens is 2. The van der Waals surface area contributed by atoms with Gasteiger partial charge in [0, 0.05) is 44.9 Å². The van der Waals surface area contributed by atoms with Crippen molar-refractivity contribution in [2.75, 3.05) is 19.7 Å². The second-order valence-electron chi connectivity index (χ2n) is 14.5. The molecular weight excluding hydrogens is 733 g/mol. The number of phosphoric acid groups is 1. The molecule has 1 fully saturated rings. The zero-order valence-corrected chi connectivity index (χ0v) is 33.1. The van der Waals surface area contributed by atoms with Gasteiger partial charge in [0.1, 0.15) is 24.2 Å². The third-order valence-corrected chi connectivity index (χ3v) is 9.93. The predicted octanol–water partition coefficient (Wildman–Crippen LogP) is 1.35. The van der Waals surface area contributed by atoms with Crippen molar-refractivity contribution >= 4 is 37.4 Å². The lowest BCUT2D eigenvalue weighted by Gasteiger charge is -2.28. The summed E-state index contributed by atoms with van der Waals surface area (Å²) in [6.45, 7) is 6.36. The number of phosphoric ester groups is 1. The van der Waals surface area contributed by atoms with Gasteiger partial charge in [0.05, 0.1) is 19.0 Å². The molecule has 1 aromatic carbocycles. The Bertz CT molecular complexity index is 1600. The van der Waals surface area contributed by atoms with Gasteiger partial charge >= 0.3 is 7.82 Å². The van der Waals surface area contributed by atoms with E-state index >= 15 is 0 Å². The summed E-state index contributed by atoms with van der Waals surface area (Å²) in [5, 5.41) is 20.4. The van der Waals surface area contributed by atoms with Crippen molar-refractivity contribution in [1.82, 2.24) is 35.7 Å². The fourth-order valence-electron chi connectivity index (χ4n) is 6.51. The van der Waals surface area contributed by atoms with Crippen molar-refractivity contribution in [3.05, 3.63) is 54.1 Å². The molecule has 1 aromatic heterocycles. The molecule has 5 atom stereocenters. The lowest BCUT2D eigenvalue weighted by Crippen LogP contribution is -2.59. The number of rotatable bonds is 23. The number of aliphatic hydroxyl groups excluding tert-OH is 1. The molecule has 0 saturated carbocycles. The summed E-state index contributed by atoms with van der Waals surface area (Å²) < 4.78 is 17.6. The number of imidazole rings is 1. The first kappa shape index (κ1) is 45.2. The minimum absolute atomic E-state index is 0.0376. The quantitative estimate of drug-likeness (QED) is 0.0626. The van der Waals surface area contributed by atoms with E-state index in [4.69, 9.17) is 9.79 Å². The minimum Gasteiger partial charge on any atom is -0.394 e. The Labute approximate surface area is 322 Å². The molecule has 5 unspecified atom stereocenters. The highest BCUT2D eigenvalue weighted by Crippen LogP contribution is 2.37. The van der Waals surface area contributed by atoms with E-state index in [2.05, 4.69) is 42.9 Å². The van der Waals surface area contributed by atoms with E-state index in [-0.39, 0.29) is 31.2 Å². The van der Waals surface area contributed by atoms with E-state index in [1.54, 1.807) is 12.5 Å². The summed E-state index contributed by atoms with van der Waals surface area (Å²) >= 11 is 0. The van der Waals surface area contributed by atoms with Gasteiger partial charge in [0.15, 0.2) is 0 Å². The predicted molar refractivity (Wildman–Crippen MR) is 203 cm³/mol. The molecule has 3 rings (SSSR count). The lowest BCUT2D eigenvalue weighted by atomic mass is 10.0. The Hall–Kier alpha value is -4.15. The SMILES string of the molecule is CC(=O)N1CCCC1C(=O)NC(CC(C)C)C(=O)NC(Cc1cncn1CCCCCCc1ccccc1)C(=O)NC(CO)C(=O)NCC(C)OP(=O)(O)O. The van der Waals surface area contributed by atoms with Crippen LogP contribution in [0, 0.1) is 5.92 Å². The molecule has 2 heterocycles. The molecule has 0 radical (unpaired) electrons. The second-order valence-corrected chi connectivity index (χ2v) is 15.6. The van der Waals surface area contributed by atoms with Crippen LogP contribution >= 0.6 is 7.82 Å². The van der Waals surface area contributed by atoms with Crippen LogP contribution in [0.2, 0.25) is 0 Å². The first-order chi connectivity index (χ1) is 26.1. The van der Waals surface area contributed by atoms with Crippen molar-refractivity contribution in [2.45, 2.75) is 122 Å². The van der Waals surface area contributed by atoms with Crippen LogP contribution in [0.5, 0.6) is 0 Å². The number of likely N-dealkylation sites (tertiary alicyclic amines) is 1. The smallest absolute Gasteiger partial charge is 0.394 e. The number of hydrogen-bond acceptors (Lipinski definition) is 9. The van der Waals surface area contributed by atoms with E-state index in [1.807, 2.05) is 36.6 Å². The Morgan fingerprint density at radius 1 is 0.927 bits per heavy atom. The molecule has 0 bridgehead atoms. The number of carbonyl (C=O) groups excluding carboxylic acids is 5. The first-order valence-corrected chi connectivity index (χ1v) is 20.4. The van der Waals surface area contributed by atoms with Gasteiger partial charge in [0.2, 0.25) is 29.5 Å². The maximum Gasteiger partial charge on any atom is 0.469 e. The van der Waals surface area contributed by atoms with Gasteiger partial charge in [-0.05, 0) is 56.9 Å². The summed E-state index contributed by atoms with van der Waals surface area (Å²) in [6, 6.07) is 5.74. The number of hydrogen-bond donors (Lipinski definition) is 7. The summed E-state index contributed by atoms with van der Waals surface area (Å²) in [5.41, 5.74) is 1.92. The van der Waals surface area contributed by atoms with Crippen LogP contribution < -0.4 is 21.3 Å². The van der Waals surface area contributed by atoms with Crippen LogP contribution in [0.25, 0.3) is 0 Å². The molecule has 0 spiro atoms. The van der Waals surface area contributed by atoms with Crippen LogP contribution in [0.4, 0.5) is 0 Å². The van der Waals surface area contributed by atoms with Gasteiger partial charge in [-0.15, -0.1) is 0 Å².